The van der Waals surface area contributed by atoms with Crippen LogP contribution in [0.1, 0.15) is 25.7 Å². The van der Waals surface area contributed by atoms with Crippen LogP contribution in [0, 0.1) is 0 Å². The third-order valence-electron chi connectivity index (χ3n) is 2.83. The van der Waals surface area contributed by atoms with Gasteiger partial charge in [0.25, 0.3) is 5.89 Å². The van der Waals surface area contributed by atoms with Crippen molar-refractivity contribution in [2.75, 3.05) is 20.2 Å². The molecule has 0 aliphatic carbocycles. The van der Waals surface area contributed by atoms with Crippen LogP contribution in [0.25, 0.3) is 11.5 Å². The zero-order valence-electron chi connectivity index (χ0n) is 11.9. The average Bonchev–Trinajstić information content (AvgIpc) is 2.95. The molecule has 0 unspecified atom stereocenters. The maximum Gasteiger partial charge on any atom is 0.253 e. The van der Waals surface area contributed by atoms with Crippen LogP contribution < -0.4 is 10.1 Å². The topological polar surface area (TPSA) is 73.1 Å². The highest BCUT2D eigenvalue weighted by Gasteiger charge is 2.13. The molecule has 20 heavy (non-hydrogen) atoms. The molecule has 0 amide bonds. The minimum atomic E-state index is 0.450. The van der Waals surface area contributed by atoms with Gasteiger partial charge in [-0.25, -0.2) is 4.98 Å². The summed E-state index contributed by atoms with van der Waals surface area (Å²) in [7, 11) is 1.57. The van der Waals surface area contributed by atoms with Crippen LogP contribution in [0.15, 0.2) is 22.7 Å². The summed E-state index contributed by atoms with van der Waals surface area (Å²) in [5.41, 5.74) is 0.720. The minimum Gasteiger partial charge on any atom is -0.480 e. The third kappa shape index (κ3) is 3.77. The quantitative estimate of drug-likeness (QED) is 0.744. The lowest BCUT2D eigenvalue weighted by atomic mass is 10.3. The number of ether oxygens (including phenoxy) is 1. The number of hydrogen-bond acceptors (Lipinski definition) is 6. The molecule has 0 radical (unpaired) electrons. The van der Waals surface area contributed by atoms with Gasteiger partial charge in [0.2, 0.25) is 11.8 Å². The van der Waals surface area contributed by atoms with Crippen LogP contribution >= 0.6 is 0 Å². The fraction of sp³-hybridized carbons (Fsp3) is 0.500. The summed E-state index contributed by atoms with van der Waals surface area (Å²) >= 11 is 0. The second-order valence-electron chi connectivity index (χ2n) is 4.41. The lowest BCUT2D eigenvalue weighted by Crippen LogP contribution is -2.16. The maximum atomic E-state index is 5.65. The highest BCUT2D eigenvalue weighted by atomic mass is 16.5. The Kier molecular flexibility index (Phi) is 5.49. The van der Waals surface area contributed by atoms with Gasteiger partial charge in [-0.05, 0) is 38.1 Å². The highest BCUT2D eigenvalue weighted by Crippen LogP contribution is 2.26. The Hall–Kier alpha value is -1.95. The summed E-state index contributed by atoms with van der Waals surface area (Å²) in [6.45, 7) is 4.16. The van der Waals surface area contributed by atoms with Crippen molar-refractivity contribution in [2.45, 2.75) is 26.2 Å². The normalized spacial score (nSPS) is 10.7. The van der Waals surface area contributed by atoms with Gasteiger partial charge >= 0.3 is 0 Å². The van der Waals surface area contributed by atoms with Gasteiger partial charge in [0, 0.05) is 12.6 Å². The molecule has 6 heteroatoms. The zero-order valence-corrected chi connectivity index (χ0v) is 11.9. The summed E-state index contributed by atoms with van der Waals surface area (Å²) in [5.74, 6) is 1.59. The van der Waals surface area contributed by atoms with E-state index in [1.165, 1.54) is 0 Å². The second-order valence-corrected chi connectivity index (χ2v) is 4.41. The highest BCUT2D eigenvalue weighted by molar-refractivity contribution is 5.59. The van der Waals surface area contributed by atoms with Crippen LogP contribution in [0.5, 0.6) is 5.88 Å². The van der Waals surface area contributed by atoms with E-state index in [1.54, 1.807) is 13.3 Å². The smallest absolute Gasteiger partial charge is 0.253 e. The first kappa shape index (κ1) is 14.5. The van der Waals surface area contributed by atoms with E-state index >= 15 is 0 Å². The first-order valence-electron chi connectivity index (χ1n) is 6.87. The SMILES string of the molecule is CCCNCCCc1nnc(-c2cccnc2OC)o1. The number of aryl methyl sites for hydroxylation is 1. The summed E-state index contributed by atoms with van der Waals surface area (Å²) in [6.07, 6.45) is 4.56. The van der Waals surface area contributed by atoms with Crippen molar-refractivity contribution in [2.24, 2.45) is 0 Å². The fourth-order valence-electron chi connectivity index (χ4n) is 1.85. The Morgan fingerprint density at radius 1 is 1.30 bits per heavy atom. The van der Waals surface area contributed by atoms with Crippen LogP contribution in [-0.2, 0) is 6.42 Å². The maximum absolute atomic E-state index is 5.65. The van der Waals surface area contributed by atoms with Crippen LogP contribution in [0.2, 0.25) is 0 Å². The molecule has 0 atom stereocenters. The number of nitrogens with zero attached hydrogens (tertiary/aromatic N) is 3. The van der Waals surface area contributed by atoms with Crippen molar-refractivity contribution in [3.63, 3.8) is 0 Å². The molecule has 0 aromatic carbocycles. The Bertz CT molecular complexity index is 527. The number of nitrogens with one attached hydrogen (secondary N) is 1. The summed E-state index contributed by atoms with van der Waals surface area (Å²) in [4.78, 5) is 4.12. The molecule has 108 valence electrons. The Morgan fingerprint density at radius 3 is 3.00 bits per heavy atom. The fourth-order valence-corrected chi connectivity index (χ4v) is 1.85. The molecule has 0 saturated carbocycles. The van der Waals surface area contributed by atoms with E-state index in [9.17, 15) is 0 Å². The van der Waals surface area contributed by atoms with Gasteiger partial charge < -0.3 is 14.5 Å². The molecule has 0 fully saturated rings. The molecular formula is C14H20N4O2. The van der Waals surface area contributed by atoms with Gasteiger partial charge in [-0.1, -0.05) is 6.92 Å². The number of aromatic nitrogens is 3. The predicted octanol–water partition coefficient (Wildman–Crippen LogP) is 2.07. The molecule has 0 aliphatic heterocycles. The van der Waals surface area contributed by atoms with E-state index in [4.69, 9.17) is 9.15 Å². The molecular weight excluding hydrogens is 256 g/mol. The van der Waals surface area contributed by atoms with Crippen molar-refractivity contribution >= 4 is 0 Å². The lowest BCUT2D eigenvalue weighted by molar-refractivity contribution is 0.397. The Morgan fingerprint density at radius 2 is 2.20 bits per heavy atom. The third-order valence-corrected chi connectivity index (χ3v) is 2.83. The van der Waals surface area contributed by atoms with E-state index in [0.717, 1.165) is 37.9 Å². The van der Waals surface area contributed by atoms with E-state index in [2.05, 4.69) is 27.4 Å². The number of hydrogen-bond donors (Lipinski definition) is 1. The summed E-state index contributed by atoms with van der Waals surface area (Å²) in [5, 5.41) is 11.5. The molecule has 0 spiro atoms. The van der Waals surface area contributed by atoms with E-state index < -0.39 is 0 Å². The van der Waals surface area contributed by atoms with Gasteiger partial charge in [-0.3, -0.25) is 0 Å². The van der Waals surface area contributed by atoms with Crippen molar-refractivity contribution in [1.29, 1.82) is 0 Å². The van der Waals surface area contributed by atoms with E-state index in [-0.39, 0.29) is 0 Å². The van der Waals surface area contributed by atoms with Gasteiger partial charge in [0.05, 0.1) is 7.11 Å². The van der Waals surface area contributed by atoms with Crippen molar-refractivity contribution in [3.8, 4) is 17.3 Å². The predicted molar refractivity (Wildman–Crippen MR) is 75.6 cm³/mol. The standard InChI is InChI=1S/C14H20N4O2/c1-3-8-15-9-5-7-12-17-18-14(20-12)11-6-4-10-16-13(11)19-2/h4,6,10,15H,3,5,7-9H2,1-2H3. The molecule has 0 bridgehead atoms. The van der Waals surface area contributed by atoms with Crippen molar-refractivity contribution in [3.05, 3.63) is 24.2 Å². The van der Waals surface area contributed by atoms with Gasteiger partial charge in [-0.2, -0.15) is 0 Å². The summed E-state index contributed by atoms with van der Waals surface area (Å²) < 4.78 is 10.8. The second kappa shape index (κ2) is 7.59. The van der Waals surface area contributed by atoms with Crippen molar-refractivity contribution < 1.29 is 9.15 Å². The van der Waals surface area contributed by atoms with Crippen molar-refractivity contribution in [1.82, 2.24) is 20.5 Å². The van der Waals surface area contributed by atoms with Crippen LogP contribution in [-0.4, -0.2) is 35.4 Å². The monoisotopic (exact) mass is 276 g/mol. The number of methoxy groups -OCH3 is 1. The first-order valence-corrected chi connectivity index (χ1v) is 6.87. The number of pyridine rings is 1. The number of rotatable bonds is 8. The molecule has 6 nitrogen and oxygen atoms in total. The molecule has 0 aliphatic rings. The molecule has 2 aromatic heterocycles. The molecule has 1 N–H and O–H groups in total. The Labute approximate surface area is 118 Å². The molecule has 2 aromatic rings. The summed E-state index contributed by atoms with van der Waals surface area (Å²) in [6, 6.07) is 3.67. The minimum absolute atomic E-state index is 0.450. The Balaban J connectivity index is 1.95. The van der Waals surface area contributed by atoms with E-state index in [0.29, 0.717) is 17.7 Å². The first-order chi connectivity index (χ1) is 9.85. The van der Waals surface area contributed by atoms with Gasteiger partial charge in [-0.15, -0.1) is 10.2 Å². The largest absolute Gasteiger partial charge is 0.480 e. The average molecular weight is 276 g/mol. The van der Waals surface area contributed by atoms with Crippen LogP contribution in [0.4, 0.5) is 0 Å². The van der Waals surface area contributed by atoms with Crippen LogP contribution in [0.3, 0.4) is 0 Å². The van der Waals surface area contributed by atoms with Gasteiger partial charge in [0.1, 0.15) is 5.56 Å². The molecule has 0 saturated heterocycles. The molecule has 2 rings (SSSR count). The zero-order chi connectivity index (χ0) is 14.2. The molecule has 2 heterocycles. The van der Waals surface area contributed by atoms with E-state index in [1.807, 2.05) is 12.1 Å². The lowest BCUT2D eigenvalue weighted by Gasteiger charge is -2.02. The van der Waals surface area contributed by atoms with Gasteiger partial charge in [0.15, 0.2) is 0 Å².